The van der Waals surface area contributed by atoms with Crippen molar-refractivity contribution in [2.24, 2.45) is 0 Å². The number of anilines is 1. The summed E-state index contributed by atoms with van der Waals surface area (Å²) >= 11 is 1.15. The standard InChI is InChI=1S/C8H9F2NS/c9-3-4-12-8-2-1-6(11)5-7(8)10/h1-2,5H,3-4,11H2. The zero-order valence-electron chi connectivity index (χ0n) is 6.39. The summed E-state index contributed by atoms with van der Waals surface area (Å²) in [5.41, 5.74) is 5.72. The highest BCUT2D eigenvalue weighted by Gasteiger charge is 2.01. The Morgan fingerprint density at radius 2 is 2.17 bits per heavy atom. The molecule has 0 saturated carbocycles. The Balaban J connectivity index is 2.72. The van der Waals surface area contributed by atoms with Crippen LogP contribution in [0.4, 0.5) is 14.5 Å². The molecule has 0 aliphatic rings. The van der Waals surface area contributed by atoms with E-state index >= 15 is 0 Å². The van der Waals surface area contributed by atoms with E-state index in [9.17, 15) is 8.78 Å². The van der Waals surface area contributed by atoms with E-state index in [4.69, 9.17) is 5.73 Å². The third kappa shape index (κ3) is 2.37. The highest BCUT2D eigenvalue weighted by molar-refractivity contribution is 7.99. The van der Waals surface area contributed by atoms with E-state index in [2.05, 4.69) is 0 Å². The van der Waals surface area contributed by atoms with Gasteiger partial charge in [0.05, 0.1) is 6.67 Å². The molecular formula is C8H9F2NS. The summed E-state index contributed by atoms with van der Waals surface area (Å²) in [6.07, 6.45) is 0. The summed E-state index contributed by atoms with van der Waals surface area (Å²) in [7, 11) is 0. The molecular weight excluding hydrogens is 180 g/mol. The zero-order valence-corrected chi connectivity index (χ0v) is 7.20. The minimum Gasteiger partial charge on any atom is -0.399 e. The van der Waals surface area contributed by atoms with Crippen LogP contribution in [0.5, 0.6) is 0 Å². The van der Waals surface area contributed by atoms with Crippen molar-refractivity contribution in [3.63, 3.8) is 0 Å². The minimum atomic E-state index is -0.450. The Labute approximate surface area is 74.0 Å². The maximum Gasteiger partial charge on any atom is 0.138 e. The van der Waals surface area contributed by atoms with Crippen LogP contribution in [0.1, 0.15) is 0 Å². The van der Waals surface area contributed by atoms with Crippen LogP contribution in [-0.2, 0) is 0 Å². The first-order chi connectivity index (χ1) is 5.74. The van der Waals surface area contributed by atoms with Crippen molar-refractivity contribution in [1.29, 1.82) is 0 Å². The molecule has 12 heavy (non-hydrogen) atoms. The SMILES string of the molecule is Nc1ccc(SCCF)c(F)c1. The molecule has 0 radical (unpaired) electrons. The molecule has 1 aromatic carbocycles. The fraction of sp³-hybridized carbons (Fsp3) is 0.250. The van der Waals surface area contributed by atoms with Crippen LogP contribution < -0.4 is 5.73 Å². The number of nitrogens with two attached hydrogens (primary N) is 1. The van der Waals surface area contributed by atoms with Gasteiger partial charge in [-0.3, -0.25) is 4.39 Å². The quantitative estimate of drug-likeness (QED) is 0.584. The van der Waals surface area contributed by atoms with Crippen molar-refractivity contribution in [3.8, 4) is 0 Å². The second-order valence-electron chi connectivity index (χ2n) is 2.23. The molecule has 1 nitrogen and oxygen atoms in total. The van der Waals surface area contributed by atoms with Crippen molar-refractivity contribution in [2.75, 3.05) is 18.2 Å². The van der Waals surface area contributed by atoms with Gasteiger partial charge in [0.2, 0.25) is 0 Å². The van der Waals surface area contributed by atoms with Gasteiger partial charge in [-0.05, 0) is 18.2 Å². The lowest BCUT2D eigenvalue weighted by Gasteiger charge is -2.01. The fourth-order valence-corrected chi connectivity index (χ4v) is 1.44. The zero-order chi connectivity index (χ0) is 8.97. The number of thioether (sulfide) groups is 1. The predicted octanol–water partition coefficient (Wildman–Crippen LogP) is 2.47. The molecule has 0 aliphatic heterocycles. The summed E-state index contributed by atoms with van der Waals surface area (Å²) in [6, 6.07) is 4.40. The van der Waals surface area contributed by atoms with Gasteiger partial charge < -0.3 is 5.73 Å². The lowest BCUT2D eigenvalue weighted by molar-refractivity contribution is 0.532. The molecule has 0 fully saturated rings. The second-order valence-corrected chi connectivity index (χ2v) is 3.36. The molecule has 0 aliphatic carbocycles. The van der Waals surface area contributed by atoms with Gasteiger partial charge in [0.1, 0.15) is 5.82 Å². The van der Waals surface area contributed by atoms with E-state index in [1.54, 1.807) is 12.1 Å². The molecule has 4 heteroatoms. The molecule has 0 heterocycles. The summed E-state index contributed by atoms with van der Waals surface area (Å²) < 4.78 is 24.7. The molecule has 0 aromatic heterocycles. The first kappa shape index (κ1) is 9.32. The first-order valence-electron chi connectivity index (χ1n) is 3.48. The van der Waals surface area contributed by atoms with Gasteiger partial charge in [0.25, 0.3) is 0 Å². The van der Waals surface area contributed by atoms with E-state index in [0.29, 0.717) is 10.6 Å². The lowest BCUT2D eigenvalue weighted by Crippen LogP contribution is -1.89. The maximum atomic E-state index is 13.0. The molecule has 66 valence electrons. The number of hydrogen-bond donors (Lipinski definition) is 1. The molecule has 1 rings (SSSR count). The third-order valence-corrected chi connectivity index (χ3v) is 2.29. The molecule has 0 amide bonds. The van der Waals surface area contributed by atoms with Crippen molar-refractivity contribution >= 4 is 17.4 Å². The molecule has 0 spiro atoms. The van der Waals surface area contributed by atoms with Crippen molar-refractivity contribution < 1.29 is 8.78 Å². The number of rotatable bonds is 3. The largest absolute Gasteiger partial charge is 0.399 e. The molecule has 2 N–H and O–H groups in total. The number of nitrogen functional groups attached to an aromatic ring is 1. The average Bonchev–Trinajstić information content (AvgIpc) is 2.03. The Hall–Kier alpha value is -0.770. The second kappa shape index (κ2) is 4.30. The Morgan fingerprint density at radius 1 is 1.42 bits per heavy atom. The van der Waals surface area contributed by atoms with E-state index in [-0.39, 0.29) is 11.6 Å². The van der Waals surface area contributed by atoms with Crippen LogP contribution in [0.15, 0.2) is 23.1 Å². The van der Waals surface area contributed by atoms with E-state index < -0.39 is 6.67 Å². The van der Waals surface area contributed by atoms with Gasteiger partial charge in [-0.1, -0.05) is 0 Å². The van der Waals surface area contributed by atoms with Crippen LogP contribution in [0.3, 0.4) is 0 Å². The number of hydrogen-bond acceptors (Lipinski definition) is 2. The van der Waals surface area contributed by atoms with Crippen molar-refractivity contribution in [3.05, 3.63) is 24.0 Å². The van der Waals surface area contributed by atoms with Gasteiger partial charge in [-0.25, -0.2) is 4.39 Å². The van der Waals surface area contributed by atoms with E-state index in [1.807, 2.05) is 0 Å². The van der Waals surface area contributed by atoms with Crippen LogP contribution in [0.25, 0.3) is 0 Å². The number of alkyl halides is 1. The number of halogens is 2. The maximum absolute atomic E-state index is 13.0. The first-order valence-corrected chi connectivity index (χ1v) is 4.46. The molecule has 1 aromatic rings. The topological polar surface area (TPSA) is 26.0 Å². The number of benzene rings is 1. The Bertz CT molecular complexity index is 265. The molecule has 0 unspecified atom stereocenters. The lowest BCUT2D eigenvalue weighted by atomic mass is 10.3. The van der Waals surface area contributed by atoms with E-state index in [0.717, 1.165) is 11.8 Å². The van der Waals surface area contributed by atoms with Crippen molar-refractivity contribution in [2.45, 2.75) is 4.90 Å². The van der Waals surface area contributed by atoms with Gasteiger partial charge in [0.15, 0.2) is 0 Å². The van der Waals surface area contributed by atoms with Gasteiger partial charge >= 0.3 is 0 Å². The fourth-order valence-electron chi connectivity index (χ4n) is 0.783. The monoisotopic (exact) mass is 189 g/mol. The Morgan fingerprint density at radius 3 is 2.75 bits per heavy atom. The summed E-state index contributed by atoms with van der Waals surface area (Å²) in [6.45, 7) is -0.450. The van der Waals surface area contributed by atoms with Gasteiger partial charge in [-0.15, -0.1) is 11.8 Å². The minimum absolute atomic E-state index is 0.279. The average molecular weight is 189 g/mol. The third-order valence-electron chi connectivity index (χ3n) is 1.29. The van der Waals surface area contributed by atoms with Crippen molar-refractivity contribution in [1.82, 2.24) is 0 Å². The summed E-state index contributed by atoms with van der Waals surface area (Å²) in [5.74, 6) is -0.102. The van der Waals surface area contributed by atoms with Crippen LogP contribution in [0.2, 0.25) is 0 Å². The smallest absolute Gasteiger partial charge is 0.138 e. The normalized spacial score (nSPS) is 10.2. The van der Waals surface area contributed by atoms with Gasteiger partial charge in [-0.2, -0.15) is 0 Å². The highest BCUT2D eigenvalue weighted by atomic mass is 32.2. The van der Waals surface area contributed by atoms with Crippen LogP contribution in [-0.4, -0.2) is 12.4 Å². The summed E-state index contributed by atoms with van der Waals surface area (Å²) in [4.78, 5) is 0.446. The van der Waals surface area contributed by atoms with Gasteiger partial charge in [0, 0.05) is 16.3 Å². The Kier molecular flexibility index (Phi) is 3.34. The highest BCUT2D eigenvalue weighted by Crippen LogP contribution is 2.22. The predicted molar refractivity (Wildman–Crippen MR) is 47.5 cm³/mol. The van der Waals surface area contributed by atoms with E-state index in [1.165, 1.54) is 6.07 Å². The van der Waals surface area contributed by atoms with Crippen LogP contribution in [0, 0.1) is 5.82 Å². The summed E-state index contributed by atoms with van der Waals surface area (Å²) in [5, 5.41) is 0. The molecule has 0 atom stereocenters. The molecule has 0 bridgehead atoms. The molecule has 0 saturated heterocycles. The van der Waals surface area contributed by atoms with Crippen LogP contribution >= 0.6 is 11.8 Å².